The quantitative estimate of drug-likeness (QED) is 0.736. The van der Waals surface area contributed by atoms with E-state index in [0.29, 0.717) is 11.4 Å². The van der Waals surface area contributed by atoms with Crippen LogP contribution in [0.1, 0.15) is 0 Å². The SMILES string of the molecule is Oc1cnccc1-c1nc(-c2ccncc2)no1. The molecule has 6 heteroatoms. The molecule has 0 bridgehead atoms. The van der Waals surface area contributed by atoms with Gasteiger partial charge in [-0.05, 0) is 18.2 Å². The van der Waals surface area contributed by atoms with Crippen LogP contribution in [0.2, 0.25) is 0 Å². The van der Waals surface area contributed by atoms with Gasteiger partial charge >= 0.3 is 0 Å². The van der Waals surface area contributed by atoms with Crippen LogP contribution in [0.3, 0.4) is 0 Å². The molecule has 88 valence electrons. The van der Waals surface area contributed by atoms with E-state index >= 15 is 0 Å². The Hall–Kier alpha value is -2.76. The van der Waals surface area contributed by atoms with Crippen molar-refractivity contribution < 1.29 is 9.63 Å². The molecule has 0 aliphatic rings. The minimum Gasteiger partial charge on any atom is -0.505 e. The zero-order chi connectivity index (χ0) is 12.4. The van der Waals surface area contributed by atoms with Crippen LogP contribution >= 0.6 is 0 Å². The van der Waals surface area contributed by atoms with E-state index in [1.807, 2.05) is 0 Å². The second kappa shape index (κ2) is 4.25. The van der Waals surface area contributed by atoms with Gasteiger partial charge in [0.2, 0.25) is 5.82 Å². The number of rotatable bonds is 2. The third-order valence-corrected chi connectivity index (χ3v) is 2.39. The number of aromatic hydroxyl groups is 1. The lowest BCUT2D eigenvalue weighted by Crippen LogP contribution is -1.82. The summed E-state index contributed by atoms with van der Waals surface area (Å²) in [6, 6.07) is 5.17. The molecule has 3 rings (SSSR count). The number of aromatic nitrogens is 4. The first kappa shape index (κ1) is 10.4. The highest BCUT2D eigenvalue weighted by Gasteiger charge is 2.13. The van der Waals surface area contributed by atoms with E-state index in [1.54, 1.807) is 36.8 Å². The molecule has 1 N–H and O–H groups in total. The maximum atomic E-state index is 9.64. The summed E-state index contributed by atoms with van der Waals surface area (Å²) >= 11 is 0. The maximum absolute atomic E-state index is 9.64. The summed E-state index contributed by atoms with van der Waals surface area (Å²) in [5.74, 6) is 0.702. The van der Waals surface area contributed by atoms with Gasteiger partial charge in [-0.3, -0.25) is 9.97 Å². The Balaban J connectivity index is 2.03. The zero-order valence-corrected chi connectivity index (χ0v) is 9.19. The van der Waals surface area contributed by atoms with E-state index in [2.05, 4.69) is 20.1 Å². The third-order valence-electron chi connectivity index (χ3n) is 2.39. The molecule has 0 aliphatic heterocycles. The molecule has 3 aromatic heterocycles. The Morgan fingerprint density at radius 2 is 1.78 bits per heavy atom. The molecule has 6 nitrogen and oxygen atoms in total. The Morgan fingerprint density at radius 1 is 1.00 bits per heavy atom. The van der Waals surface area contributed by atoms with Crippen molar-refractivity contribution in [3.8, 4) is 28.6 Å². The topological polar surface area (TPSA) is 84.9 Å². The van der Waals surface area contributed by atoms with Gasteiger partial charge in [-0.25, -0.2) is 0 Å². The summed E-state index contributed by atoms with van der Waals surface area (Å²) in [5.41, 5.74) is 1.26. The molecular weight excluding hydrogens is 232 g/mol. The van der Waals surface area contributed by atoms with Crippen LogP contribution in [0.5, 0.6) is 5.75 Å². The molecule has 0 saturated heterocycles. The Kier molecular flexibility index (Phi) is 2.45. The Bertz CT molecular complexity index is 667. The largest absolute Gasteiger partial charge is 0.505 e. The van der Waals surface area contributed by atoms with Crippen molar-refractivity contribution in [3.05, 3.63) is 43.0 Å². The van der Waals surface area contributed by atoms with Crippen molar-refractivity contribution in [2.24, 2.45) is 0 Å². The van der Waals surface area contributed by atoms with E-state index in [4.69, 9.17) is 4.52 Å². The van der Waals surface area contributed by atoms with E-state index in [1.165, 1.54) is 6.20 Å². The predicted octanol–water partition coefficient (Wildman–Crippen LogP) is 1.90. The molecule has 0 atom stereocenters. The van der Waals surface area contributed by atoms with Crippen LogP contribution in [-0.2, 0) is 0 Å². The van der Waals surface area contributed by atoms with Crippen molar-refractivity contribution in [1.82, 2.24) is 20.1 Å². The average molecular weight is 240 g/mol. The van der Waals surface area contributed by atoms with Gasteiger partial charge in [0.1, 0.15) is 5.75 Å². The van der Waals surface area contributed by atoms with Crippen molar-refractivity contribution in [3.63, 3.8) is 0 Å². The number of pyridine rings is 2. The standard InChI is InChI=1S/C12H8N4O2/c17-10-7-14-6-3-9(10)12-15-11(16-18-12)8-1-4-13-5-2-8/h1-7,17H. The van der Waals surface area contributed by atoms with Crippen LogP contribution in [0, 0.1) is 0 Å². The van der Waals surface area contributed by atoms with E-state index in [0.717, 1.165) is 5.56 Å². The summed E-state index contributed by atoms with van der Waals surface area (Å²) in [6.45, 7) is 0. The normalized spacial score (nSPS) is 10.4. The molecule has 0 aliphatic carbocycles. The van der Waals surface area contributed by atoms with Gasteiger partial charge in [0.25, 0.3) is 5.89 Å². The molecule has 0 amide bonds. The van der Waals surface area contributed by atoms with Gasteiger partial charge in [0, 0.05) is 24.2 Å². The monoisotopic (exact) mass is 240 g/mol. The number of hydrogen-bond acceptors (Lipinski definition) is 6. The first-order valence-corrected chi connectivity index (χ1v) is 5.22. The highest BCUT2D eigenvalue weighted by Crippen LogP contribution is 2.27. The second-order valence-electron chi connectivity index (χ2n) is 3.55. The summed E-state index contributed by atoms with van der Waals surface area (Å²) in [4.78, 5) is 11.9. The first-order chi connectivity index (χ1) is 8.84. The van der Waals surface area contributed by atoms with Gasteiger partial charge in [-0.1, -0.05) is 5.16 Å². The van der Waals surface area contributed by atoms with Crippen LogP contribution in [0.15, 0.2) is 47.5 Å². The highest BCUT2D eigenvalue weighted by atomic mass is 16.5. The van der Waals surface area contributed by atoms with Crippen molar-refractivity contribution in [1.29, 1.82) is 0 Å². The van der Waals surface area contributed by atoms with Crippen molar-refractivity contribution in [2.45, 2.75) is 0 Å². The number of nitrogens with zero attached hydrogens (tertiary/aromatic N) is 4. The second-order valence-corrected chi connectivity index (χ2v) is 3.55. The molecule has 0 saturated carbocycles. The van der Waals surface area contributed by atoms with Crippen LogP contribution in [0.4, 0.5) is 0 Å². The lowest BCUT2D eigenvalue weighted by molar-refractivity contribution is 0.425. The summed E-state index contributed by atoms with van der Waals surface area (Å²) in [6.07, 6.45) is 6.17. The fourth-order valence-electron chi connectivity index (χ4n) is 1.52. The molecule has 3 heterocycles. The Labute approximate surface area is 102 Å². The average Bonchev–Trinajstić information content (AvgIpc) is 2.90. The predicted molar refractivity (Wildman–Crippen MR) is 62.4 cm³/mol. The smallest absolute Gasteiger partial charge is 0.262 e. The molecule has 0 spiro atoms. The van der Waals surface area contributed by atoms with Gasteiger partial charge in [0.15, 0.2) is 0 Å². The number of hydrogen-bond donors (Lipinski definition) is 1. The highest BCUT2D eigenvalue weighted by molar-refractivity contribution is 5.63. The molecule has 0 aromatic carbocycles. The van der Waals surface area contributed by atoms with E-state index in [9.17, 15) is 5.11 Å². The summed E-state index contributed by atoms with van der Waals surface area (Å²) < 4.78 is 5.12. The van der Waals surface area contributed by atoms with Crippen molar-refractivity contribution >= 4 is 0 Å². The molecule has 3 aromatic rings. The molecule has 18 heavy (non-hydrogen) atoms. The lowest BCUT2D eigenvalue weighted by atomic mass is 10.2. The van der Waals surface area contributed by atoms with Crippen LogP contribution in [-0.4, -0.2) is 25.2 Å². The minimum atomic E-state index is 0.00225. The fourth-order valence-corrected chi connectivity index (χ4v) is 1.52. The molecule has 0 radical (unpaired) electrons. The van der Waals surface area contributed by atoms with Crippen molar-refractivity contribution in [2.75, 3.05) is 0 Å². The van der Waals surface area contributed by atoms with Gasteiger partial charge in [0.05, 0.1) is 11.8 Å². The zero-order valence-electron chi connectivity index (χ0n) is 9.19. The molecular formula is C12H8N4O2. The van der Waals surface area contributed by atoms with Gasteiger partial charge in [-0.15, -0.1) is 0 Å². The van der Waals surface area contributed by atoms with E-state index in [-0.39, 0.29) is 11.6 Å². The van der Waals surface area contributed by atoms with Gasteiger partial charge < -0.3 is 9.63 Å². The van der Waals surface area contributed by atoms with Crippen LogP contribution in [0.25, 0.3) is 22.8 Å². The molecule has 0 fully saturated rings. The lowest BCUT2D eigenvalue weighted by Gasteiger charge is -1.95. The summed E-state index contributed by atoms with van der Waals surface area (Å²) in [5, 5.41) is 13.5. The van der Waals surface area contributed by atoms with E-state index < -0.39 is 0 Å². The summed E-state index contributed by atoms with van der Waals surface area (Å²) in [7, 11) is 0. The fraction of sp³-hybridized carbons (Fsp3) is 0. The first-order valence-electron chi connectivity index (χ1n) is 5.22. The molecule has 0 unspecified atom stereocenters. The van der Waals surface area contributed by atoms with Crippen LogP contribution < -0.4 is 0 Å². The third kappa shape index (κ3) is 1.80. The minimum absolute atomic E-state index is 0.00225. The van der Waals surface area contributed by atoms with Gasteiger partial charge in [-0.2, -0.15) is 4.98 Å². The Morgan fingerprint density at radius 3 is 2.56 bits per heavy atom. The maximum Gasteiger partial charge on any atom is 0.262 e.